The fourth-order valence-corrected chi connectivity index (χ4v) is 3.69. The molecule has 10 heteroatoms. The first-order valence-electron chi connectivity index (χ1n) is 6.32. The smallest absolute Gasteiger partial charge is 0.252 e. The molecule has 2 rings (SSSR count). The Bertz CT molecular complexity index is 958. The number of hydrogen-bond acceptors (Lipinski definition) is 4. The molecule has 3 N–H and O–H groups in total. The highest BCUT2D eigenvalue weighted by atomic mass is 79.9. The van der Waals surface area contributed by atoms with Crippen LogP contribution in [0.15, 0.2) is 39.8 Å². The van der Waals surface area contributed by atoms with Crippen LogP contribution in [-0.2, 0) is 16.4 Å². The molecule has 0 bridgehead atoms. The van der Waals surface area contributed by atoms with Crippen molar-refractivity contribution in [1.82, 2.24) is 4.57 Å². The zero-order valence-electron chi connectivity index (χ0n) is 12.4. The van der Waals surface area contributed by atoms with E-state index in [0.29, 0.717) is 10.0 Å². The zero-order chi connectivity index (χ0) is 17.4. The van der Waals surface area contributed by atoms with Crippen molar-refractivity contribution in [3.05, 3.63) is 56.6 Å². The molecule has 0 spiro atoms. The number of carbonyl (C=O) groups is 1. The second-order valence-corrected chi connectivity index (χ2v) is 8.27. The summed E-state index contributed by atoms with van der Waals surface area (Å²) < 4.78 is 25.9. The number of pyridine rings is 1. The molecule has 24 heavy (non-hydrogen) atoms. The van der Waals surface area contributed by atoms with Crippen molar-refractivity contribution in [2.45, 2.75) is 11.4 Å². The van der Waals surface area contributed by atoms with E-state index in [4.69, 9.17) is 22.7 Å². The van der Waals surface area contributed by atoms with Gasteiger partial charge in [-0.25, -0.2) is 8.42 Å². The molecule has 130 valence electrons. The molecule has 0 aliphatic rings. The standard InChI is InChI=1S/C14H13BrClN3O3S.ClH/c1-23(21,22)12-3-2-9(15)4-8(12)6-19-7-10(16)5-11(13(19)17)14(18)20;/h2-5,7,17H,6H2,1H3,(H2,18,20);1H. The molecule has 6 nitrogen and oxygen atoms in total. The van der Waals surface area contributed by atoms with Crippen LogP contribution in [0.25, 0.3) is 0 Å². The van der Waals surface area contributed by atoms with Crippen LogP contribution < -0.4 is 11.2 Å². The first kappa shape index (κ1) is 20.7. The van der Waals surface area contributed by atoms with Crippen LogP contribution in [0.5, 0.6) is 0 Å². The number of primary amides is 1. The predicted molar refractivity (Wildman–Crippen MR) is 97.4 cm³/mol. The minimum Gasteiger partial charge on any atom is -0.365 e. The summed E-state index contributed by atoms with van der Waals surface area (Å²) in [6.07, 6.45) is 2.56. The third kappa shape index (κ3) is 4.60. The van der Waals surface area contributed by atoms with Gasteiger partial charge >= 0.3 is 0 Å². The highest BCUT2D eigenvalue weighted by Crippen LogP contribution is 2.22. The Morgan fingerprint density at radius 2 is 2.00 bits per heavy atom. The van der Waals surface area contributed by atoms with Gasteiger partial charge in [0.1, 0.15) is 5.49 Å². The lowest BCUT2D eigenvalue weighted by Gasteiger charge is -2.13. The van der Waals surface area contributed by atoms with Gasteiger partial charge in [-0.2, -0.15) is 0 Å². The van der Waals surface area contributed by atoms with E-state index in [-0.39, 0.29) is 39.9 Å². The molecule has 0 atom stereocenters. The van der Waals surface area contributed by atoms with Gasteiger partial charge in [-0.15, -0.1) is 12.4 Å². The second kappa shape index (κ2) is 7.69. The number of nitrogens with two attached hydrogens (primary N) is 1. The number of nitrogens with zero attached hydrogens (tertiary/aromatic N) is 1. The number of halogens is 3. The number of benzene rings is 1. The molecule has 0 fully saturated rings. The van der Waals surface area contributed by atoms with Crippen molar-refractivity contribution in [3.8, 4) is 0 Å². The van der Waals surface area contributed by atoms with Crippen LogP contribution in [0.1, 0.15) is 15.9 Å². The molecule has 1 aromatic heterocycles. The third-order valence-corrected chi connectivity index (χ3v) is 5.03. The Labute approximate surface area is 158 Å². The van der Waals surface area contributed by atoms with E-state index in [1.807, 2.05) is 0 Å². The minimum absolute atomic E-state index is 0. The molecule has 0 saturated carbocycles. The number of sulfone groups is 1. The fourth-order valence-electron chi connectivity index (χ4n) is 2.14. The van der Waals surface area contributed by atoms with Crippen molar-refractivity contribution >= 4 is 55.7 Å². The topological polar surface area (TPSA) is 106 Å². The minimum atomic E-state index is -3.44. The molecule has 0 unspecified atom stereocenters. The third-order valence-electron chi connectivity index (χ3n) is 3.13. The average molecular weight is 455 g/mol. The van der Waals surface area contributed by atoms with Crippen molar-refractivity contribution in [2.75, 3.05) is 6.26 Å². The Balaban J connectivity index is 0.00000288. The van der Waals surface area contributed by atoms with Gasteiger partial charge in [0.15, 0.2) is 9.84 Å². The van der Waals surface area contributed by atoms with Crippen molar-refractivity contribution in [2.24, 2.45) is 5.73 Å². The average Bonchev–Trinajstić information content (AvgIpc) is 2.40. The van der Waals surface area contributed by atoms with Gasteiger partial charge in [-0.1, -0.05) is 27.5 Å². The van der Waals surface area contributed by atoms with Crippen molar-refractivity contribution in [1.29, 1.82) is 5.41 Å². The van der Waals surface area contributed by atoms with Gasteiger partial charge in [-0.3, -0.25) is 10.2 Å². The maximum Gasteiger partial charge on any atom is 0.252 e. The lowest BCUT2D eigenvalue weighted by molar-refractivity contribution is 0.0997. The summed E-state index contributed by atoms with van der Waals surface area (Å²) in [4.78, 5) is 11.5. The zero-order valence-corrected chi connectivity index (χ0v) is 16.4. The maximum absolute atomic E-state index is 11.9. The van der Waals surface area contributed by atoms with E-state index in [1.54, 1.807) is 12.1 Å². The summed E-state index contributed by atoms with van der Waals surface area (Å²) in [5, 5.41) is 8.27. The molecule has 1 aromatic carbocycles. The Hall–Kier alpha value is -1.35. The molecule has 0 saturated heterocycles. The van der Waals surface area contributed by atoms with Crippen LogP contribution >= 0.6 is 39.9 Å². The maximum atomic E-state index is 11.9. The monoisotopic (exact) mass is 453 g/mol. The van der Waals surface area contributed by atoms with E-state index >= 15 is 0 Å². The quantitative estimate of drug-likeness (QED) is 0.740. The summed E-state index contributed by atoms with van der Waals surface area (Å²) in [7, 11) is -3.44. The Kier molecular flexibility index (Phi) is 6.63. The van der Waals surface area contributed by atoms with E-state index in [2.05, 4.69) is 15.9 Å². The lowest BCUT2D eigenvalue weighted by atomic mass is 10.2. The first-order chi connectivity index (χ1) is 10.6. The summed E-state index contributed by atoms with van der Waals surface area (Å²) in [6, 6.07) is 6.06. The van der Waals surface area contributed by atoms with Crippen LogP contribution in [0.2, 0.25) is 5.02 Å². The Morgan fingerprint density at radius 3 is 2.54 bits per heavy atom. The lowest BCUT2D eigenvalue weighted by Crippen LogP contribution is -2.30. The second-order valence-electron chi connectivity index (χ2n) is 4.94. The van der Waals surface area contributed by atoms with Crippen LogP contribution in [0.3, 0.4) is 0 Å². The van der Waals surface area contributed by atoms with E-state index in [1.165, 1.54) is 22.9 Å². The summed E-state index contributed by atoms with van der Waals surface area (Å²) in [6.45, 7) is 0.0571. The highest BCUT2D eigenvalue weighted by molar-refractivity contribution is 9.10. The Morgan fingerprint density at radius 1 is 1.38 bits per heavy atom. The number of aromatic nitrogens is 1. The van der Waals surface area contributed by atoms with Crippen molar-refractivity contribution < 1.29 is 13.2 Å². The van der Waals surface area contributed by atoms with Crippen LogP contribution in [0.4, 0.5) is 0 Å². The normalized spacial score (nSPS) is 11.0. The molecular weight excluding hydrogens is 441 g/mol. The molecule has 1 heterocycles. The van der Waals surface area contributed by atoms with Gasteiger partial charge in [0.2, 0.25) is 0 Å². The predicted octanol–water partition coefficient (Wildman–Crippen LogP) is 2.36. The van der Waals surface area contributed by atoms with E-state index < -0.39 is 15.7 Å². The van der Waals surface area contributed by atoms with Gasteiger partial charge in [0.25, 0.3) is 5.91 Å². The number of nitrogens with one attached hydrogen (secondary N) is 1. The molecule has 1 amide bonds. The van der Waals surface area contributed by atoms with Gasteiger partial charge in [0, 0.05) is 16.9 Å². The summed E-state index contributed by atoms with van der Waals surface area (Å²) in [5.74, 6) is -0.774. The molecular formula is C14H14BrCl2N3O3S. The largest absolute Gasteiger partial charge is 0.365 e. The van der Waals surface area contributed by atoms with Gasteiger partial charge < -0.3 is 10.3 Å². The SMILES string of the molecule is CS(=O)(=O)c1ccc(Br)cc1Cn1cc(Cl)cc(C(N)=O)c1=N.Cl. The molecule has 2 aromatic rings. The number of hydrogen-bond donors (Lipinski definition) is 2. The molecule has 0 aliphatic heterocycles. The van der Waals surface area contributed by atoms with E-state index in [9.17, 15) is 13.2 Å². The number of amides is 1. The van der Waals surface area contributed by atoms with Gasteiger partial charge in [-0.05, 0) is 29.8 Å². The summed E-state index contributed by atoms with van der Waals surface area (Å²) >= 11 is 9.25. The summed E-state index contributed by atoms with van der Waals surface area (Å²) in [5.41, 5.74) is 5.53. The highest BCUT2D eigenvalue weighted by Gasteiger charge is 2.15. The number of carbonyl (C=O) groups excluding carboxylic acids is 1. The first-order valence-corrected chi connectivity index (χ1v) is 9.38. The molecule has 0 aliphatic carbocycles. The van der Waals surface area contributed by atoms with Crippen LogP contribution in [0, 0.1) is 5.41 Å². The van der Waals surface area contributed by atoms with E-state index in [0.717, 1.165) is 6.26 Å². The number of rotatable bonds is 4. The van der Waals surface area contributed by atoms with Crippen LogP contribution in [-0.4, -0.2) is 25.1 Å². The molecule has 0 radical (unpaired) electrons. The van der Waals surface area contributed by atoms with Crippen molar-refractivity contribution in [3.63, 3.8) is 0 Å². The fraction of sp³-hybridized carbons (Fsp3) is 0.143. The van der Waals surface area contributed by atoms with Gasteiger partial charge in [0.05, 0.1) is 22.0 Å².